The van der Waals surface area contributed by atoms with Crippen LogP contribution in [0.25, 0.3) is 0 Å². The van der Waals surface area contributed by atoms with Crippen molar-refractivity contribution in [3.8, 4) is 0 Å². The third kappa shape index (κ3) is 2.23. The molecule has 1 saturated heterocycles. The minimum absolute atomic E-state index is 0.0629. The summed E-state index contributed by atoms with van der Waals surface area (Å²) in [6.45, 7) is 3.76. The molecule has 2 heterocycles. The zero-order chi connectivity index (χ0) is 13.5. The number of pyridine rings is 1. The number of nitrogens with two attached hydrogens (primary N) is 1. The molecule has 0 aromatic carbocycles. The van der Waals surface area contributed by atoms with E-state index in [0.717, 1.165) is 5.56 Å². The third-order valence-electron chi connectivity index (χ3n) is 3.13. The fourth-order valence-corrected chi connectivity index (χ4v) is 2.94. The zero-order valence-corrected chi connectivity index (χ0v) is 11.1. The van der Waals surface area contributed by atoms with E-state index >= 15 is 0 Å². The van der Waals surface area contributed by atoms with Crippen molar-refractivity contribution in [1.29, 1.82) is 0 Å². The number of anilines is 1. The van der Waals surface area contributed by atoms with Gasteiger partial charge in [0.2, 0.25) is 15.9 Å². The number of hydrogen-bond acceptors (Lipinski definition) is 4. The first kappa shape index (κ1) is 13.0. The molecule has 7 heteroatoms. The van der Waals surface area contributed by atoms with Gasteiger partial charge in [-0.15, -0.1) is 0 Å². The summed E-state index contributed by atoms with van der Waals surface area (Å²) in [4.78, 5) is 17.5. The number of rotatable bonds is 2. The van der Waals surface area contributed by atoms with Gasteiger partial charge < -0.3 is 4.90 Å². The normalized spacial score (nSPS) is 20.5. The lowest BCUT2D eigenvalue weighted by atomic mass is 10.2. The van der Waals surface area contributed by atoms with Gasteiger partial charge in [-0.25, -0.2) is 13.6 Å². The van der Waals surface area contributed by atoms with Crippen LogP contribution in [0.2, 0.25) is 0 Å². The summed E-state index contributed by atoms with van der Waals surface area (Å²) in [6.07, 6.45) is 1.60. The van der Waals surface area contributed by atoms with Gasteiger partial charge in [0.05, 0.1) is 11.4 Å². The lowest BCUT2D eigenvalue weighted by Gasteiger charge is -2.20. The van der Waals surface area contributed by atoms with Crippen LogP contribution in [0.4, 0.5) is 5.69 Å². The van der Waals surface area contributed by atoms with Gasteiger partial charge in [-0.1, -0.05) is 0 Å². The maximum atomic E-state index is 11.9. The lowest BCUT2D eigenvalue weighted by molar-refractivity contribution is -0.117. The highest BCUT2D eigenvalue weighted by molar-refractivity contribution is 7.89. The molecule has 1 aliphatic rings. The number of hydrogen-bond donors (Lipinski definition) is 1. The molecule has 0 radical (unpaired) electrons. The van der Waals surface area contributed by atoms with Gasteiger partial charge in [-0.3, -0.25) is 9.78 Å². The number of sulfonamides is 1. The van der Waals surface area contributed by atoms with Gasteiger partial charge in [0.15, 0.2) is 0 Å². The summed E-state index contributed by atoms with van der Waals surface area (Å²) in [5, 5.41) is 4.27. The minimum atomic E-state index is -3.68. The number of primary sulfonamides is 1. The topological polar surface area (TPSA) is 93.4 Å². The standard InChI is InChI=1S/C11H15N3O3S/c1-7-3-4-13-8(2)11(7)14-6-9(5-10(14)15)18(12,16)17/h3-4,9H,5-6H2,1-2H3,(H2,12,16,17). The number of carbonyl (C=O) groups is 1. The van der Waals surface area contributed by atoms with E-state index in [-0.39, 0.29) is 18.9 Å². The second-order valence-corrected chi connectivity index (χ2v) is 6.33. The van der Waals surface area contributed by atoms with E-state index < -0.39 is 15.3 Å². The molecule has 1 aliphatic heterocycles. The number of amides is 1. The molecule has 1 fully saturated rings. The van der Waals surface area contributed by atoms with Crippen LogP contribution < -0.4 is 10.0 Å². The Balaban J connectivity index is 2.39. The predicted octanol–water partition coefficient (Wildman–Crippen LogP) is 0.0922. The Morgan fingerprint density at radius 3 is 2.61 bits per heavy atom. The molecular weight excluding hydrogens is 254 g/mol. The van der Waals surface area contributed by atoms with Crippen LogP contribution in [0.1, 0.15) is 17.7 Å². The first-order valence-corrected chi connectivity index (χ1v) is 7.16. The summed E-state index contributed by atoms with van der Waals surface area (Å²) >= 11 is 0. The minimum Gasteiger partial charge on any atom is -0.309 e. The Kier molecular flexibility index (Phi) is 3.12. The summed E-state index contributed by atoms with van der Waals surface area (Å²) in [5.74, 6) is -0.228. The fraction of sp³-hybridized carbons (Fsp3) is 0.455. The Bertz CT molecular complexity index is 577. The second kappa shape index (κ2) is 4.33. The number of carbonyl (C=O) groups excluding carboxylic acids is 1. The Morgan fingerprint density at radius 2 is 2.11 bits per heavy atom. The second-order valence-electron chi connectivity index (χ2n) is 4.48. The van der Waals surface area contributed by atoms with Crippen LogP contribution in [-0.4, -0.2) is 31.1 Å². The van der Waals surface area contributed by atoms with Gasteiger partial charge in [0, 0.05) is 19.2 Å². The molecule has 0 bridgehead atoms. The summed E-state index contributed by atoms with van der Waals surface area (Å²) < 4.78 is 22.6. The first-order chi connectivity index (χ1) is 8.30. The van der Waals surface area contributed by atoms with E-state index in [0.29, 0.717) is 11.4 Å². The van der Waals surface area contributed by atoms with Crippen molar-refractivity contribution in [3.63, 3.8) is 0 Å². The van der Waals surface area contributed by atoms with E-state index in [2.05, 4.69) is 4.98 Å². The Labute approximate surface area is 106 Å². The quantitative estimate of drug-likeness (QED) is 0.823. The number of aromatic nitrogens is 1. The average Bonchev–Trinajstić information content (AvgIpc) is 2.60. The molecule has 1 unspecified atom stereocenters. The maximum Gasteiger partial charge on any atom is 0.228 e. The van der Waals surface area contributed by atoms with Gasteiger partial charge in [-0.2, -0.15) is 0 Å². The van der Waals surface area contributed by atoms with Crippen molar-refractivity contribution >= 4 is 21.6 Å². The summed E-state index contributed by atoms with van der Waals surface area (Å²) in [5.41, 5.74) is 2.29. The molecule has 0 saturated carbocycles. The van der Waals surface area contributed by atoms with Crippen LogP contribution in [0.15, 0.2) is 12.3 Å². The molecule has 2 N–H and O–H groups in total. The largest absolute Gasteiger partial charge is 0.309 e. The number of aryl methyl sites for hydroxylation is 2. The van der Waals surface area contributed by atoms with Crippen molar-refractivity contribution in [2.75, 3.05) is 11.4 Å². The van der Waals surface area contributed by atoms with E-state index in [1.54, 1.807) is 19.2 Å². The molecule has 18 heavy (non-hydrogen) atoms. The summed E-state index contributed by atoms with van der Waals surface area (Å²) in [7, 11) is -3.68. The van der Waals surface area contributed by atoms with Gasteiger partial charge in [0.1, 0.15) is 5.25 Å². The number of nitrogens with zero attached hydrogens (tertiary/aromatic N) is 2. The molecule has 98 valence electrons. The Morgan fingerprint density at radius 1 is 1.44 bits per heavy atom. The van der Waals surface area contributed by atoms with Gasteiger partial charge >= 0.3 is 0 Å². The highest BCUT2D eigenvalue weighted by Crippen LogP contribution is 2.28. The van der Waals surface area contributed by atoms with Crippen LogP contribution in [0, 0.1) is 13.8 Å². The van der Waals surface area contributed by atoms with Crippen molar-refractivity contribution in [2.45, 2.75) is 25.5 Å². The highest BCUT2D eigenvalue weighted by Gasteiger charge is 2.38. The molecule has 1 aromatic rings. The lowest BCUT2D eigenvalue weighted by Crippen LogP contribution is -2.32. The van der Waals surface area contributed by atoms with Crippen LogP contribution in [0.3, 0.4) is 0 Å². The smallest absolute Gasteiger partial charge is 0.228 e. The van der Waals surface area contributed by atoms with Gasteiger partial charge in [0.25, 0.3) is 0 Å². The van der Waals surface area contributed by atoms with Crippen molar-refractivity contribution in [2.24, 2.45) is 5.14 Å². The zero-order valence-electron chi connectivity index (χ0n) is 10.3. The predicted molar refractivity (Wildman–Crippen MR) is 67.6 cm³/mol. The van der Waals surface area contributed by atoms with E-state index in [4.69, 9.17) is 5.14 Å². The van der Waals surface area contributed by atoms with Crippen molar-refractivity contribution in [1.82, 2.24) is 4.98 Å². The van der Waals surface area contributed by atoms with E-state index in [9.17, 15) is 13.2 Å². The molecule has 1 atom stereocenters. The average molecular weight is 269 g/mol. The third-order valence-corrected chi connectivity index (χ3v) is 4.38. The van der Waals surface area contributed by atoms with Gasteiger partial charge in [-0.05, 0) is 25.5 Å². The van der Waals surface area contributed by atoms with Crippen LogP contribution in [-0.2, 0) is 14.8 Å². The molecule has 6 nitrogen and oxygen atoms in total. The first-order valence-electron chi connectivity index (χ1n) is 5.55. The molecule has 0 spiro atoms. The molecular formula is C11H15N3O3S. The van der Waals surface area contributed by atoms with Crippen LogP contribution in [0.5, 0.6) is 0 Å². The molecule has 1 aromatic heterocycles. The SMILES string of the molecule is Cc1ccnc(C)c1N1CC(S(N)(=O)=O)CC1=O. The van der Waals surface area contributed by atoms with E-state index in [1.807, 2.05) is 6.92 Å². The maximum absolute atomic E-state index is 11.9. The van der Waals surface area contributed by atoms with Crippen molar-refractivity contribution < 1.29 is 13.2 Å². The Hall–Kier alpha value is -1.47. The van der Waals surface area contributed by atoms with Crippen molar-refractivity contribution in [3.05, 3.63) is 23.5 Å². The molecule has 0 aliphatic carbocycles. The molecule has 2 rings (SSSR count). The van der Waals surface area contributed by atoms with E-state index in [1.165, 1.54) is 4.90 Å². The van der Waals surface area contributed by atoms with Crippen LogP contribution >= 0.6 is 0 Å². The fourth-order valence-electron chi connectivity index (χ4n) is 2.21. The monoisotopic (exact) mass is 269 g/mol. The highest BCUT2D eigenvalue weighted by atomic mass is 32.2. The summed E-state index contributed by atoms with van der Waals surface area (Å²) in [6, 6.07) is 1.79. The molecule has 1 amide bonds.